The van der Waals surface area contributed by atoms with E-state index in [1.54, 1.807) is 42.9 Å². The average molecular weight is 1080 g/mol. The molecule has 4 heterocycles. The number of hydrogen-bond donors (Lipinski definition) is 1. The van der Waals surface area contributed by atoms with Crippen LogP contribution in [0.4, 0.5) is 4.79 Å². The van der Waals surface area contributed by atoms with Crippen LogP contribution in [0.5, 0.6) is 5.75 Å². The topological polar surface area (TPSA) is 255 Å². The minimum Gasteiger partial charge on any atom is -0.458 e. The minimum atomic E-state index is -1.90. The highest BCUT2D eigenvalue weighted by atomic mass is 16.7. The van der Waals surface area contributed by atoms with Gasteiger partial charge in [-0.2, -0.15) is 0 Å². The molecule has 2 aliphatic heterocycles. The average Bonchev–Trinajstić information content (AvgIpc) is 3.79. The number of methoxy groups -OCH3 is 1. The summed E-state index contributed by atoms with van der Waals surface area (Å²) in [5, 5.41) is 11.8. The number of ether oxygens (including phenoxy) is 18. The van der Waals surface area contributed by atoms with Gasteiger partial charge in [0.25, 0.3) is 5.56 Å². The van der Waals surface area contributed by atoms with E-state index < -0.39 is 17.7 Å². The maximum atomic E-state index is 13.4. The van der Waals surface area contributed by atoms with Crippen molar-refractivity contribution < 1.29 is 100.0 Å². The van der Waals surface area contributed by atoms with Gasteiger partial charge in [-0.15, -0.1) is 0 Å². The van der Waals surface area contributed by atoms with Crippen LogP contribution in [-0.4, -0.2) is 232 Å². The summed E-state index contributed by atoms with van der Waals surface area (Å²) in [4.78, 5) is 43.0. The molecule has 0 radical (unpaired) electrons. The summed E-state index contributed by atoms with van der Waals surface area (Å²) in [6, 6.07) is 8.47. The second kappa shape index (κ2) is 38.3. The Balaban J connectivity index is 0.711. The minimum absolute atomic E-state index is 0.0159. The van der Waals surface area contributed by atoms with Gasteiger partial charge < -0.3 is 94.9 Å². The molecule has 1 N–H and O–H groups in total. The van der Waals surface area contributed by atoms with E-state index in [0.717, 1.165) is 5.56 Å². The summed E-state index contributed by atoms with van der Waals surface area (Å²) in [7, 11) is 1.64. The molecular formula is C52H78N2O22. The van der Waals surface area contributed by atoms with E-state index in [1.165, 1.54) is 0 Å². The third-order valence-electron chi connectivity index (χ3n) is 11.4. The fourth-order valence-electron chi connectivity index (χ4n) is 7.44. The van der Waals surface area contributed by atoms with E-state index in [0.29, 0.717) is 207 Å². The Morgan fingerprint density at radius 3 is 1.36 bits per heavy atom. The molecule has 0 spiro atoms. The molecule has 428 valence electrons. The normalized spacial score (nSPS) is 14.8. The maximum absolute atomic E-state index is 13.4. The number of cyclic esters (lactones) is 1. The van der Waals surface area contributed by atoms with Crippen LogP contribution in [0, 0.1) is 0 Å². The summed E-state index contributed by atoms with van der Waals surface area (Å²) in [5.74, 6) is -0.522. The Labute approximate surface area is 443 Å². The molecule has 0 saturated carbocycles. The summed E-state index contributed by atoms with van der Waals surface area (Å²) in [6.45, 7) is 15.0. The van der Waals surface area contributed by atoms with Crippen molar-refractivity contribution in [3.05, 3.63) is 57.4 Å². The Bertz CT molecular complexity index is 2150. The molecule has 0 fully saturated rings. The number of pyridine rings is 2. The molecule has 0 amide bonds. The first-order valence-corrected chi connectivity index (χ1v) is 25.9. The predicted octanol–water partition coefficient (Wildman–Crippen LogP) is 2.47. The quantitative estimate of drug-likeness (QED) is 0.0379. The molecule has 0 unspecified atom stereocenters. The number of rotatable bonds is 47. The Morgan fingerprint density at radius 1 is 0.566 bits per heavy atom. The number of esters is 1. The molecule has 0 bridgehead atoms. The number of hydrogen-bond acceptors (Lipinski definition) is 23. The summed E-state index contributed by atoms with van der Waals surface area (Å²) >= 11 is 0. The molecule has 24 heteroatoms. The summed E-state index contributed by atoms with van der Waals surface area (Å²) in [5.41, 5.74) is 0.694. The predicted molar refractivity (Wildman–Crippen MR) is 270 cm³/mol. The van der Waals surface area contributed by atoms with Gasteiger partial charge in [0.05, 0.1) is 221 Å². The Morgan fingerprint density at radius 2 is 0.961 bits per heavy atom. The third-order valence-corrected chi connectivity index (χ3v) is 11.4. The van der Waals surface area contributed by atoms with Crippen LogP contribution in [0.3, 0.4) is 0 Å². The number of fused-ring (bicyclic) bond motifs is 5. The number of benzene rings is 1. The van der Waals surface area contributed by atoms with Crippen LogP contribution in [0.25, 0.3) is 22.3 Å². The lowest BCUT2D eigenvalue weighted by Crippen LogP contribution is -2.44. The molecule has 24 nitrogen and oxygen atoms in total. The molecule has 0 aliphatic carbocycles. The van der Waals surface area contributed by atoms with Crippen LogP contribution in [0.2, 0.25) is 0 Å². The zero-order chi connectivity index (χ0) is 53.7. The highest BCUT2D eigenvalue weighted by Gasteiger charge is 2.45. The highest BCUT2D eigenvalue weighted by molar-refractivity contribution is 5.87. The number of carbonyl (C=O) groups excluding carboxylic acids is 2. The van der Waals surface area contributed by atoms with Crippen molar-refractivity contribution in [2.24, 2.45) is 0 Å². The van der Waals surface area contributed by atoms with Crippen LogP contribution < -0.4 is 10.3 Å². The molecule has 76 heavy (non-hydrogen) atoms. The van der Waals surface area contributed by atoms with Crippen LogP contribution >= 0.6 is 0 Å². The van der Waals surface area contributed by atoms with E-state index in [-0.39, 0.29) is 55.2 Å². The number of nitrogens with zero attached hydrogens (tertiary/aromatic N) is 2. The van der Waals surface area contributed by atoms with Crippen molar-refractivity contribution in [3.63, 3.8) is 0 Å². The van der Waals surface area contributed by atoms with Gasteiger partial charge in [0, 0.05) is 23.6 Å². The molecule has 2 aromatic heterocycles. The van der Waals surface area contributed by atoms with Gasteiger partial charge in [-0.1, -0.05) is 6.92 Å². The van der Waals surface area contributed by atoms with Crippen molar-refractivity contribution >= 4 is 23.0 Å². The lowest BCUT2D eigenvalue weighted by molar-refractivity contribution is -0.172. The first-order valence-electron chi connectivity index (χ1n) is 25.9. The largest absolute Gasteiger partial charge is 0.513 e. The van der Waals surface area contributed by atoms with Gasteiger partial charge in [0.15, 0.2) is 5.60 Å². The van der Waals surface area contributed by atoms with Crippen molar-refractivity contribution in [3.8, 4) is 17.1 Å². The lowest BCUT2D eigenvalue weighted by Gasteiger charge is -2.31. The number of carbonyl (C=O) groups is 2. The van der Waals surface area contributed by atoms with Gasteiger partial charge in [-0.3, -0.25) is 4.79 Å². The van der Waals surface area contributed by atoms with Gasteiger partial charge in [-0.05, 0) is 36.8 Å². The second-order valence-electron chi connectivity index (χ2n) is 16.7. The third kappa shape index (κ3) is 22.9. The molecule has 5 rings (SSSR count). The molecule has 3 aromatic rings. The van der Waals surface area contributed by atoms with Crippen LogP contribution in [0.15, 0.2) is 35.1 Å². The second-order valence-corrected chi connectivity index (χ2v) is 16.7. The van der Waals surface area contributed by atoms with Crippen molar-refractivity contribution in [1.82, 2.24) is 9.55 Å². The van der Waals surface area contributed by atoms with Crippen LogP contribution in [0.1, 0.15) is 30.0 Å². The Hall–Kier alpha value is -4.32. The monoisotopic (exact) mass is 1080 g/mol. The fourth-order valence-corrected chi connectivity index (χ4v) is 7.44. The molecular weight excluding hydrogens is 1000 g/mol. The molecule has 1 atom stereocenters. The smallest absolute Gasteiger partial charge is 0.458 e. The highest BCUT2D eigenvalue weighted by Crippen LogP contribution is 2.39. The lowest BCUT2D eigenvalue weighted by atomic mass is 9.86. The van der Waals surface area contributed by atoms with E-state index >= 15 is 0 Å². The van der Waals surface area contributed by atoms with E-state index in [4.69, 9.17) is 90.2 Å². The van der Waals surface area contributed by atoms with Gasteiger partial charge in [0.1, 0.15) is 19.0 Å². The van der Waals surface area contributed by atoms with Gasteiger partial charge >= 0.3 is 12.1 Å². The van der Waals surface area contributed by atoms with E-state index in [9.17, 15) is 19.5 Å². The van der Waals surface area contributed by atoms with Gasteiger partial charge in [-0.25, -0.2) is 14.6 Å². The maximum Gasteiger partial charge on any atom is 0.513 e. The zero-order valence-corrected chi connectivity index (χ0v) is 44.1. The molecule has 0 saturated heterocycles. The fraction of sp³-hybridized carbons (Fsp3) is 0.692. The number of aliphatic hydroxyl groups is 1. The molecule has 1 aromatic carbocycles. The zero-order valence-electron chi connectivity index (χ0n) is 44.1. The van der Waals surface area contributed by atoms with Crippen LogP contribution in [-0.2, 0) is 104 Å². The van der Waals surface area contributed by atoms with E-state index in [1.807, 2.05) is 6.07 Å². The first-order chi connectivity index (χ1) is 37.4. The summed E-state index contributed by atoms with van der Waals surface area (Å²) < 4.78 is 98.8. The summed E-state index contributed by atoms with van der Waals surface area (Å²) in [6.07, 6.45) is -0.833. The van der Waals surface area contributed by atoms with Crippen molar-refractivity contribution in [2.45, 2.75) is 32.1 Å². The standard InChI is InChI=1S/C52H78N2O22/c1-3-52(58)45-38-47-48-42(39-54(47)49(55)44(45)40-75-50(52)56)36-41-37-43(4-5-46(41)53-48)76-51(57)74-35-34-73-33-32-72-31-30-71-29-28-70-27-26-69-25-24-68-23-22-67-21-20-66-19-18-65-17-16-64-15-14-63-13-12-62-11-10-61-9-8-60-7-6-59-2/h4-5,36-38,58H,3,6-35,39-40H2,1-2H3/t52-/m0/s1. The Kier molecular flexibility index (Phi) is 31.5. The SMILES string of the molecule is CC[C@@]1(O)C(=O)OCc2c1cc1n(c2=O)Cc2cc3cc(OC(=O)OCCOCCOCCOCCOCCOCCOCCOCCOCCOCCOCCOCCOCCOCCOCCOC)ccc3nc2-1. The first kappa shape index (κ1) is 62.5. The van der Waals surface area contributed by atoms with E-state index in [2.05, 4.69) is 0 Å². The van der Waals surface area contributed by atoms with Crippen molar-refractivity contribution in [1.29, 1.82) is 0 Å². The molecule has 2 aliphatic rings. The van der Waals surface area contributed by atoms with Crippen molar-refractivity contribution in [2.75, 3.05) is 205 Å². The van der Waals surface area contributed by atoms with Gasteiger partial charge in [0.2, 0.25) is 0 Å². The number of aromatic nitrogens is 2.